The zero-order chi connectivity index (χ0) is 15.2. The van der Waals surface area contributed by atoms with E-state index in [-0.39, 0.29) is 6.61 Å². The molecule has 0 spiro atoms. The molecule has 3 nitrogen and oxygen atoms in total. The van der Waals surface area contributed by atoms with Crippen LogP contribution in [0.4, 0.5) is 5.69 Å². The average molecular weight is 311 g/mol. The molecule has 1 aliphatic rings. The van der Waals surface area contributed by atoms with E-state index >= 15 is 0 Å². The molecule has 4 heteroatoms. The third kappa shape index (κ3) is 4.87. The first kappa shape index (κ1) is 16.6. The number of aliphatic hydroxyl groups is 1. The van der Waals surface area contributed by atoms with E-state index in [4.69, 9.17) is 11.6 Å². The quantitative estimate of drug-likeness (QED) is 0.846. The molecule has 1 saturated heterocycles. The third-order valence-corrected chi connectivity index (χ3v) is 4.26. The Morgan fingerprint density at radius 2 is 2.24 bits per heavy atom. The lowest BCUT2D eigenvalue weighted by Gasteiger charge is -2.35. The molecule has 1 unspecified atom stereocenters. The maximum atomic E-state index is 9.41. The van der Waals surface area contributed by atoms with Gasteiger partial charge in [0.05, 0.1) is 0 Å². The van der Waals surface area contributed by atoms with Gasteiger partial charge in [-0.15, -0.1) is 0 Å². The van der Waals surface area contributed by atoms with Crippen LogP contribution < -0.4 is 10.2 Å². The first-order chi connectivity index (χ1) is 10.1. The highest BCUT2D eigenvalue weighted by atomic mass is 35.5. The molecule has 1 aromatic rings. The molecule has 1 fully saturated rings. The molecule has 0 bridgehead atoms. The molecular formula is C17H27ClN2O. The Labute approximate surface area is 133 Å². The molecule has 0 radical (unpaired) electrons. The summed E-state index contributed by atoms with van der Waals surface area (Å²) < 4.78 is 0. The van der Waals surface area contributed by atoms with E-state index in [0.717, 1.165) is 44.0 Å². The number of hydrogen-bond acceptors (Lipinski definition) is 3. The van der Waals surface area contributed by atoms with Crippen molar-refractivity contribution in [3.05, 3.63) is 28.8 Å². The van der Waals surface area contributed by atoms with E-state index in [1.165, 1.54) is 11.3 Å². The fourth-order valence-electron chi connectivity index (χ4n) is 2.93. The first-order valence-corrected chi connectivity index (χ1v) is 8.33. The lowest BCUT2D eigenvalue weighted by molar-refractivity contribution is 0.208. The van der Waals surface area contributed by atoms with Gasteiger partial charge in [-0.05, 0) is 55.0 Å². The van der Waals surface area contributed by atoms with E-state index in [1.54, 1.807) is 0 Å². The van der Waals surface area contributed by atoms with Crippen LogP contribution in [0.15, 0.2) is 18.2 Å². The summed E-state index contributed by atoms with van der Waals surface area (Å²) in [6.07, 6.45) is 2.27. The molecule has 0 aromatic heterocycles. The predicted octanol–water partition coefficient (Wildman–Crippen LogP) is 3.29. The van der Waals surface area contributed by atoms with Crippen LogP contribution in [-0.2, 0) is 6.54 Å². The monoisotopic (exact) mass is 310 g/mol. The van der Waals surface area contributed by atoms with Crippen molar-refractivity contribution < 1.29 is 5.11 Å². The zero-order valence-electron chi connectivity index (χ0n) is 13.1. The normalized spacial score (nSPS) is 19.3. The van der Waals surface area contributed by atoms with Gasteiger partial charge in [0.15, 0.2) is 0 Å². The second-order valence-electron chi connectivity index (χ2n) is 6.43. The van der Waals surface area contributed by atoms with Gasteiger partial charge in [-0.25, -0.2) is 0 Å². The molecule has 1 aliphatic heterocycles. The van der Waals surface area contributed by atoms with E-state index in [2.05, 4.69) is 36.2 Å². The maximum Gasteiger partial charge on any atom is 0.0476 e. The number of rotatable bonds is 6. The summed E-state index contributed by atoms with van der Waals surface area (Å²) >= 11 is 6.17. The van der Waals surface area contributed by atoms with Gasteiger partial charge in [-0.2, -0.15) is 0 Å². The van der Waals surface area contributed by atoms with Crippen molar-refractivity contribution >= 4 is 17.3 Å². The van der Waals surface area contributed by atoms with E-state index in [0.29, 0.717) is 11.8 Å². The van der Waals surface area contributed by atoms with Gasteiger partial charge in [0, 0.05) is 37.0 Å². The maximum absolute atomic E-state index is 9.41. The standard InChI is InChI=1S/C17H27ClN2O/c1-13(2)9-19-10-15-8-16(18)5-6-17(15)20-7-3-4-14(11-20)12-21/h5-6,8,13-14,19,21H,3-4,7,9-12H2,1-2H3. The molecule has 0 saturated carbocycles. The Bertz CT molecular complexity index is 450. The number of aliphatic hydroxyl groups excluding tert-OH is 1. The molecular weight excluding hydrogens is 284 g/mol. The molecule has 0 amide bonds. The van der Waals surface area contributed by atoms with Crippen LogP contribution in [0.1, 0.15) is 32.3 Å². The van der Waals surface area contributed by atoms with Gasteiger partial charge in [0.1, 0.15) is 0 Å². The van der Waals surface area contributed by atoms with Gasteiger partial charge in [0.2, 0.25) is 0 Å². The van der Waals surface area contributed by atoms with Crippen LogP contribution in [0.25, 0.3) is 0 Å². The van der Waals surface area contributed by atoms with Crippen LogP contribution in [0, 0.1) is 11.8 Å². The first-order valence-electron chi connectivity index (χ1n) is 7.95. The van der Waals surface area contributed by atoms with Crippen LogP contribution in [0.3, 0.4) is 0 Å². The van der Waals surface area contributed by atoms with Crippen LogP contribution in [-0.4, -0.2) is 31.3 Å². The minimum absolute atomic E-state index is 0.283. The average Bonchev–Trinajstić information content (AvgIpc) is 2.47. The van der Waals surface area contributed by atoms with E-state index in [9.17, 15) is 5.11 Å². The SMILES string of the molecule is CC(C)CNCc1cc(Cl)ccc1N1CCCC(CO)C1. The van der Waals surface area contributed by atoms with Crippen molar-refractivity contribution in [1.29, 1.82) is 0 Å². The second kappa shape index (κ2) is 8.02. The van der Waals surface area contributed by atoms with Crippen molar-refractivity contribution in [2.45, 2.75) is 33.2 Å². The number of anilines is 1. The van der Waals surface area contributed by atoms with Gasteiger partial charge in [0.25, 0.3) is 0 Å². The van der Waals surface area contributed by atoms with Crippen molar-refractivity contribution in [1.82, 2.24) is 5.32 Å². The molecule has 0 aliphatic carbocycles. The summed E-state index contributed by atoms with van der Waals surface area (Å²) in [7, 11) is 0. The van der Waals surface area contributed by atoms with E-state index in [1.807, 2.05) is 6.07 Å². The number of nitrogens with zero attached hydrogens (tertiary/aromatic N) is 1. The molecule has 2 N–H and O–H groups in total. The minimum atomic E-state index is 0.283. The smallest absolute Gasteiger partial charge is 0.0476 e. The summed E-state index contributed by atoms with van der Waals surface area (Å²) in [5.74, 6) is 1.03. The van der Waals surface area contributed by atoms with Crippen molar-refractivity contribution in [3.63, 3.8) is 0 Å². The highest BCUT2D eigenvalue weighted by Crippen LogP contribution is 2.28. The Morgan fingerprint density at radius 3 is 2.95 bits per heavy atom. The number of benzene rings is 1. The second-order valence-corrected chi connectivity index (χ2v) is 6.87. The Hall–Kier alpha value is -0.770. The summed E-state index contributed by atoms with van der Waals surface area (Å²) in [6, 6.07) is 6.15. The summed E-state index contributed by atoms with van der Waals surface area (Å²) in [5.41, 5.74) is 2.51. The Balaban J connectivity index is 2.10. The lowest BCUT2D eigenvalue weighted by Crippen LogP contribution is -2.37. The molecule has 1 heterocycles. The lowest BCUT2D eigenvalue weighted by atomic mass is 9.97. The van der Waals surface area contributed by atoms with Crippen LogP contribution >= 0.6 is 11.6 Å². The zero-order valence-corrected chi connectivity index (χ0v) is 13.9. The predicted molar refractivity (Wildman–Crippen MR) is 90.0 cm³/mol. The van der Waals surface area contributed by atoms with Gasteiger partial charge in [-0.3, -0.25) is 0 Å². The van der Waals surface area contributed by atoms with Crippen molar-refractivity contribution in [2.24, 2.45) is 11.8 Å². The summed E-state index contributed by atoms with van der Waals surface area (Å²) in [5, 5.41) is 13.7. The van der Waals surface area contributed by atoms with E-state index < -0.39 is 0 Å². The molecule has 21 heavy (non-hydrogen) atoms. The van der Waals surface area contributed by atoms with Gasteiger partial charge < -0.3 is 15.3 Å². The highest BCUT2D eigenvalue weighted by Gasteiger charge is 2.21. The van der Waals surface area contributed by atoms with Gasteiger partial charge in [-0.1, -0.05) is 25.4 Å². The number of nitrogens with one attached hydrogen (secondary N) is 1. The van der Waals surface area contributed by atoms with Crippen LogP contribution in [0.2, 0.25) is 5.02 Å². The topological polar surface area (TPSA) is 35.5 Å². The minimum Gasteiger partial charge on any atom is -0.396 e. The largest absolute Gasteiger partial charge is 0.396 e. The molecule has 1 aromatic carbocycles. The van der Waals surface area contributed by atoms with Crippen molar-refractivity contribution in [2.75, 3.05) is 31.1 Å². The highest BCUT2D eigenvalue weighted by molar-refractivity contribution is 6.30. The fraction of sp³-hybridized carbons (Fsp3) is 0.647. The molecule has 1 atom stereocenters. The third-order valence-electron chi connectivity index (χ3n) is 4.03. The fourth-order valence-corrected chi connectivity index (χ4v) is 3.13. The van der Waals surface area contributed by atoms with Crippen molar-refractivity contribution in [3.8, 4) is 0 Å². The summed E-state index contributed by atoms with van der Waals surface area (Å²) in [4.78, 5) is 2.40. The van der Waals surface area contributed by atoms with Crippen LogP contribution in [0.5, 0.6) is 0 Å². The Morgan fingerprint density at radius 1 is 1.43 bits per heavy atom. The summed E-state index contributed by atoms with van der Waals surface area (Å²) in [6.45, 7) is 8.56. The number of halogens is 1. The molecule has 2 rings (SSSR count). The molecule has 118 valence electrons. The number of hydrogen-bond donors (Lipinski definition) is 2. The Kier molecular flexibility index (Phi) is 6.34. The van der Waals surface area contributed by atoms with Gasteiger partial charge >= 0.3 is 0 Å². The number of piperidine rings is 1.